The van der Waals surface area contributed by atoms with Crippen molar-refractivity contribution in [3.63, 3.8) is 0 Å². The fourth-order valence-corrected chi connectivity index (χ4v) is 1.57. The third-order valence-electron chi connectivity index (χ3n) is 2.58. The fraction of sp³-hybridized carbons (Fsp3) is 0.214. The van der Waals surface area contributed by atoms with Crippen molar-refractivity contribution >= 4 is 5.78 Å². The van der Waals surface area contributed by atoms with Gasteiger partial charge in [-0.25, -0.2) is 9.97 Å². The summed E-state index contributed by atoms with van der Waals surface area (Å²) in [5.74, 6) is 0.129. The van der Waals surface area contributed by atoms with Crippen LogP contribution in [0.3, 0.4) is 0 Å². The molecule has 0 amide bonds. The molecule has 2 aromatic rings. The third-order valence-corrected chi connectivity index (χ3v) is 2.58. The molecule has 0 atom stereocenters. The molecule has 2 rings (SSSR count). The molecule has 0 N–H and O–H groups in total. The highest BCUT2D eigenvalue weighted by Crippen LogP contribution is 2.09. The Labute approximate surface area is 101 Å². The molecule has 0 aliphatic heterocycles. The van der Waals surface area contributed by atoms with E-state index in [-0.39, 0.29) is 11.6 Å². The Bertz CT molecular complexity index is 532. The molecule has 0 saturated heterocycles. The zero-order chi connectivity index (χ0) is 12.3. The Morgan fingerprint density at radius 2 is 1.94 bits per heavy atom. The van der Waals surface area contributed by atoms with Gasteiger partial charge in [0.1, 0.15) is 0 Å². The summed E-state index contributed by atoms with van der Waals surface area (Å²) in [7, 11) is 0. The van der Waals surface area contributed by atoms with Crippen LogP contribution in [-0.2, 0) is 6.42 Å². The van der Waals surface area contributed by atoms with Gasteiger partial charge in [-0.3, -0.25) is 4.79 Å². The molecule has 0 fully saturated rings. The molecule has 0 saturated carbocycles. The van der Waals surface area contributed by atoms with Crippen LogP contribution in [0.25, 0.3) is 0 Å². The number of hydrogen-bond donors (Lipinski definition) is 0. The maximum Gasteiger partial charge on any atom is 0.230 e. The Hall–Kier alpha value is -2.03. The van der Waals surface area contributed by atoms with E-state index in [0.29, 0.717) is 5.56 Å². The Balaban J connectivity index is 2.33. The summed E-state index contributed by atoms with van der Waals surface area (Å²) in [6.45, 7) is 3.96. The molecule has 86 valence electrons. The van der Waals surface area contributed by atoms with Gasteiger partial charge in [-0.05, 0) is 30.5 Å². The minimum atomic E-state index is -0.125. The van der Waals surface area contributed by atoms with Gasteiger partial charge in [-0.2, -0.15) is 0 Å². The largest absolute Gasteiger partial charge is 0.285 e. The minimum Gasteiger partial charge on any atom is -0.285 e. The van der Waals surface area contributed by atoms with E-state index in [0.717, 1.165) is 17.5 Å². The highest BCUT2D eigenvalue weighted by atomic mass is 16.1. The number of ketones is 1. The van der Waals surface area contributed by atoms with Crippen molar-refractivity contribution in [2.45, 2.75) is 20.3 Å². The first kappa shape index (κ1) is 11.5. The summed E-state index contributed by atoms with van der Waals surface area (Å²) >= 11 is 0. The normalized spacial score (nSPS) is 10.2. The van der Waals surface area contributed by atoms with E-state index in [2.05, 4.69) is 16.9 Å². The van der Waals surface area contributed by atoms with Gasteiger partial charge in [0.15, 0.2) is 0 Å². The van der Waals surface area contributed by atoms with Crippen LogP contribution in [0.1, 0.15) is 34.2 Å². The van der Waals surface area contributed by atoms with E-state index in [1.165, 1.54) is 0 Å². The van der Waals surface area contributed by atoms with Crippen molar-refractivity contribution < 1.29 is 4.79 Å². The molecule has 0 unspecified atom stereocenters. The van der Waals surface area contributed by atoms with Crippen molar-refractivity contribution in [2.24, 2.45) is 0 Å². The molecule has 0 aliphatic carbocycles. The maximum atomic E-state index is 12.1. The summed E-state index contributed by atoms with van der Waals surface area (Å²) in [6, 6.07) is 7.59. The molecule has 0 aliphatic rings. The van der Waals surface area contributed by atoms with Crippen molar-refractivity contribution in [2.75, 3.05) is 0 Å². The summed E-state index contributed by atoms with van der Waals surface area (Å²) in [5, 5.41) is 0. The molecule has 3 nitrogen and oxygen atoms in total. The van der Waals surface area contributed by atoms with Gasteiger partial charge in [-0.1, -0.05) is 25.1 Å². The quantitative estimate of drug-likeness (QED) is 0.755. The minimum absolute atomic E-state index is 0.125. The van der Waals surface area contributed by atoms with Gasteiger partial charge in [-0.15, -0.1) is 0 Å². The summed E-state index contributed by atoms with van der Waals surface area (Å²) in [4.78, 5) is 20.2. The number of benzene rings is 1. The number of aromatic nitrogens is 2. The lowest BCUT2D eigenvalue weighted by molar-refractivity contribution is 0.102. The predicted octanol–water partition coefficient (Wildman–Crippen LogP) is 2.58. The van der Waals surface area contributed by atoms with Gasteiger partial charge in [0, 0.05) is 18.0 Å². The van der Waals surface area contributed by atoms with Crippen LogP contribution < -0.4 is 0 Å². The second kappa shape index (κ2) is 4.87. The summed E-state index contributed by atoms with van der Waals surface area (Å²) in [6.07, 6.45) is 4.23. The van der Waals surface area contributed by atoms with Gasteiger partial charge in [0.2, 0.25) is 11.6 Å². The van der Waals surface area contributed by atoms with Gasteiger partial charge in [0.25, 0.3) is 0 Å². The van der Waals surface area contributed by atoms with Crippen molar-refractivity contribution in [1.29, 1.82) is 0 Å². The molecule has 0 spiro atoms. The molecule has 1 aromatic carbocycles. The second-order valence-electron chi connectivity index (χ2n) is 3.97. The standard InChI is InChI=1S/C14H14N2O/c1-3-11-5-4-6-12(7-11)13(17)14-15-8-10(2)9-16-14/h4-9H,3H2,1-2H3. The van der Waals surface area contributed by atoms with Crippen LogP contribution in [-0.4, -0.2) is 15.8 Å². The summed E-state index contributed by atoms with van der Waals surface area (Å²) in [5.41, 5.74) is 2.74. The van der Waals surface area contributed by atoms with Crippen molar-refractivity contribution in [3.8, 4) is 0 Å². The van der Waals surface area contributed by atoms with Crippen LogP contribution in [0.5, 0.6) is 0 Å². The molecule has 0 bridgehead atoms. The molecular formula is C14H14N2O. The van der Waals surface area contributed by atoms with Crippen LogP contribution in [0.4, 0.5) is 0 Å². The first-order valence-electron chi connectivity index (χ1n) is 5.63. The van der Waals surface area contributed by atoms with Crippen LogP contribution in [0.15, 0.2) is 36.7 Å². The Kier molecular flexibility index (Phi) is 3.28. The van der Waals surface area contributed by atoms with E-state index >= 15 is 0 Å². The second-order valence-corrected chi connectivity index (χ2v) is 3.97. The van der Waals surface area contributed by atoms with E-state index in [1.54, 1.807) is 18.5 Å². The smallest absolute Gasteiger partial charge is 0.230 e. The van der Waals surface area contributed by atoms with Crippen molar-refractivity contribution in [3.05, 3.63) is 59.2 Å². The zero-order valence-electron chi connectivity index (χ0n) is 9.97. The fourth-order valence-electron chi connectivity index (χ4n) is 1.57. The van der Waals surface area contributed by atoms with Gasteiger partial charge < -0.3 is 0 Å². The average molecular weight is 226 g/mol. The van der Waals surface area contributed by atoms with Crippen molar-refractivity contribution in [1.82, 2.24) is 9.97 Å². The molecule has 3 heteroatoms. The van der Waals surface area contributed by atoms with Crippen LogP contribution >= 0.6 is 0 Å². The number of nitrogens with zero attached hydrogens (tertiary/aromatic N) is 2. The first-order valence-corrected chi connectivity index (χ1v) is 5.63. The molecule has 0 radical (unpaired) electrons. The maximum absolute atomic E-state index is 12.1. The first-order chi connectivity index (χ1) is 8.20. The zero-order valence-corrected chi connectivity index (χ0v) is 9.97. The third kappa shape index (κ3) is 2.56. The van der Waals surface area contributed by atoms with E-state index < -0.39 is 0 Å². The monoisotopic (exact) mass is 226 g/mol. The predicted molar refractivity (Wildman–Crippen MR) is 66.0 cm³/mol. The molecular weight excluding hydrogens is 212 g/mol. The Morgan fingerprint density at radius 1 is 1.24 bits per heavy atom. The highest BCUT2D eigenvalue weighted by molar-refractivity contribution is 6.06. The van der Waals surface area contributed by atoms with Crippen LogP contribution in [0.2, 0.25) is 0 Å². The highest BCUT2D eigenvalue weighted by Gasteiger charge is 2.11. The SMILES string of the molecule is CCc1cccc(C(=O)c2ncc(C)cn2)c1. The van der Waals surface area contributed by atoms with E-state index in [9.17, 15) is 4.79 Å². The molecule has 17 heavy (non-hydrogen) atoms. The molecule has 1 heterocycles. The van der Waals surface area contributed by atoms with E-state index in [4.69, 9.17) is 0 Å². The van der Waals surface area contributed by atoms with Gasteiger partial charge in [0.05, 0.1) is 0 Å². The number of hydrogen-bond acceptors (Lipinski definition) is 3. The number of carbonyl (C=O) groups is 1. The van der Waals surface area contributed by atoms with Gasteiger partial charge >= 0.3 is 0 Å². The van der Waals surface area contributed by atoms with Crippen LogP contribution in [0, 0.1) is 6.92 Å². The lowest BCUT2D eigenvalue weighted by Gasteiger charge is -2.02. The molecule has 1 aromatic heterocycles. The Morgan fingerprint density at radius 3 is 2.59 bits per heavy atom. The lowest BCUT2D eigenvalue weighted by Crippen LogP contribution is -2.07. The number of rotatable bonds is 3. The topological polar surface area (TPSA) is 42.9 Å². The average Bonchev–Trinajstić information content (AvgIpc) is 2.39. The number of carbonyl (C=O) groups excluding carboxylic acids is 1. The number of aryl methyl sites for hydroxylation is 2. The lowest BCUT2D eigenvalue weighted by atomic mass is 10.1. The van der Waals surface area contributed by atoms with E-state index in [1.807, 2.05) is 25.1 Å². The summed E-state index contributed by atoms with van der Waals surface area (Å²) < 4.78 is 0.